The molecule has 7 nitrogen and oxygen atoms in total. The highest BCUT2D eigenvalue weighted by atomic mass is 32.2. The number of hydrogen-bond donors (Lipinski definition) is 1. The Morgan fingerprint density at radius 2 is 2.00 bits per heavy atom. The van der Waals surface area contributed by atoms with Crippen LogP contribution in [0.15, 0.2) is 39.9 Å². The lowest BCUT2D eigenvalue weighted by Crippen LogP contribution is -2.46. The summed E-state index contributed by atoms with van der Waals surface area (Å²) in [5.74, 6) is -0.404. The van der Waals surface area contributed by atoms with Gasteiger partial charge in [0.05, 0.1) is 11.2 Å². The van der Waals surface area contributed by atoms with Crippen LogP contribution in [0.3, 0.4) is 0 Å². The smallest absolute Gasteiger partial charge is 0.290 e. The Labute approximate surface area is 166 Å². The highest BCUT2D eigenvalue weighted by Gasteiger charge is 2.25. The van der Waals surface area contributed by atoms with E-state index < -0.39 is 0 Å². The van der Waals surface area contributed by atoms with E-state index in [1.807, 2.05) is 24.1 Å². The predicted molar refractivity (Wildman–Crippen MR) is 108 cm³/mol. The third-order valence-corrected chi connectivity index (χ3v) is 5.60. The lowest BCUT2D eigenvalue weighted by molar-refractivity contribution is -0.127. The maximum absolute atomic E-state index is 12.4. The van der Waals surface area contributed by atoms with Gasteiger partial charge < -0.3 is 14.2 Å². The van der Waals surface area contributed by atoms with E-state index in [4.69, 9.17) is 4.42 Å². The minimum Gasteiger partial charge on any atom is -0.464 e. The van der Waals surface area contributed by atoms with Gasteiger partial charge in [-0.05, 0) is 48.7 Å². The van der Waals surface area contributed by atoms with Gasteiger partial charge in [0.15, 0.2) is 0 Å². The van der Waals surface area contributed by atoms with Gasteiger partial charge in [-0.3, -0.25) is 19.7 Å². The van der Waals surface area contributed by atoms with Crippen LogP contribution in [0, 0.1) is 0 Å². The fourth-order valence-electron chi connectivity index (χ4n) is 3.15. The van der Waals surface area contributed by atoms with Gasteiger partial charge in [0.2, 0.25) is 5.91 Å². The largest absolute Gasteiger partial charge is 0.464 e. The van der Waals surface area contributed by atoms with Crippen LogP contribution in [0.5, 0.6) is 0 Å². The van der Waals surface area contributed by atoms with Crippen molar-refractivity contribution in [1.82, 2.24) is 15.1 Å². The topological polar surface area (TPSA) is 82.9 Å². The first-order chi connectivity index (χ1) is 13.5. The van der Waals surface area contributed by atoms with Gasteiger partial charge in [0.1, 0.15) is 5.58 Å². The number of likely N-dealkylation sites (N-methyl/N-ethyl adjacent to an activating group) is 1. The zero-order chi connectivity index (χ0) is 19.7. The maximum atomic E-state index is 12.4. The number of benzene rings is 1. The first kappa shape index (κ1) is 18.5. The lowest BCUT2D eigenvalue weighted by atomic mass is 10.1. The van der Waals surface area contributed by atoms with Crippen LogP contribution in [0.2, 0.25) is 0 Å². The summed E-state index contributed by atoms with van der Waals surface area (Å²) in [6.07, 6.45) is 6.60. The number of imide groups is 1. The van der Waals surface area contributed by atoms with Gasteiger partial charge >= 0.3 is 0 Å². The summed E-state index contributed by atoms with van der Waals surface area (Å²) in [6, 6.07) is 5.50. The molecule has 2 aliphatic heterocycles. The third kappa shape index (κ3) is 3.88. The monoisotopic (exact) mass is 397 g/mol. The summed E-state index contributed by atoms with van der Waals surface area (Å²) in [7, 11) is 2.05. The molecule has 1 aromatic heterocycles. The second-order valence-corrected chi connectivity index (χ2v) is 7.78. The minimum atomic E-state index is -0.389. The third-order valence-electron chi connectivity index (χ3n) is 4.79. The first-order valence-electron chi connectivity index (χ1n) is 8.91. The number of hydrogen-bond acceptors (Lipinski definition) is 6. The summed E-state index contributed by atoms with van der Waals surface area (Å²) in [6.45, 7) is 3.20. The molecule has 0 atom stereocenters. The number of thioether (sulfide) groups is 1. The van der Waals surface area contributed by atoms with Crippen LogP contribution in [-0.4, -0.2) is 60.1 Å². The van der Waals surface area contributed by atoms with Crippen molar-refractivity contribution in [2.45, 2.75) is 0 Å². The van der Waals surface area contributed by atoms with Crippen molar-refractivity contribution in [3.05, 3.63) is 46.6 Å². The molecule has 1 aromatic carbocycles. The Hall–Kier alpha value is -2.84. The van der Waals surface area contributed by atoms with Gasteiger partial charge in [0, 0.05) is 43.2 Å². The van der Waals surface area contributed by atoms with Crippen molar-refractivity contribution in [3.8, 4) is 0 Å². The van der Waals surface area contributed by atoms with E-state index in [2.05, 4.69) is 10.2 Å². The van der Waals surface area contributed by atoms with Crippen molar-refractivity contribution >= 4 is 51.9 Å². The molecule has 2 fully saturated rings. The molecule has 144 valence electrons. The molecule has 8 heteroatoms. The maximum Gasteiger partial charge on any atom is 0.290 e. The standard InChI is InChI=1S/C20H19N3O4S/c1-22-6-8-23(9-7-22)18(24)5-3-14-12-27-16-4-2-13(10-15(14)16)11-17-19(25)21-20(26)28-17/h2-5,10-12H,6-9H2,1H3,(H,21,25,26)/b5-3+,17-11-. The molecule has 28 heavy (non-hydrogen) atoms. The normalized spacial score (nSPS) is 19.9. The quantitative estimate of drug-likeness (QED) is 0.802. The van der Waals surface area contributed by atoms with Gasteiger partial charge in [-0.2, -0.15) is 0 Å². The number of furan rings is 1. The number of amides is 3. The second-order valence-electron chi connectivity index (χ2n) is 6.76. The van der Waals surface area contributed by atoms with Gasteiger partial charge in [-0.25, -0.2) is 0 Å². The highest BCUT2D eigenvalue weighted by molar-refractivity contribution is 8.18. The number of nitrogens with zero attached hydrogens (tertiary/aromatic N) is 2. The molecule has 0 spiro atoms. The van der Waals surface area contributed by atoms with Crippen molar-refractivity contribution in [2.75, 3.05) is 33.2 Å². The molecule has 0 bridgehead atoms. The molecular formula is C20H19N3O4S. The SMILES string of the molecule is CN1CCN(C(=O)/C=C/c2coc3ccc(/C=C4\SC(=O)NC4=O)cc23)CC1. The van der Waals surface area contributed by atoms with Crippen molar-refractivity contribution in [1.29, 1.82) is 0 Å². The van der Waals surface area contributed by atoms with Crippen LogP contribution in [0.4, 0.5) is 4.79 Å². The molecular weight excluding hydrogens is 378 g/mol. The Morgan fingerprint density at radius 3 is 2.71 bits per heavy atom. The average molecular weight is 397 g/mol. The van der Waals surface area contributed by atoms with Crippen molar-refractivity contribution < 1.29 is 18.8 Å². The summed E-state index contributed by atoms with van der Waals surface area (Å²) in [5, 5.41) is 2.71. The second kappa shape index (κ2) is 7.65. The molecule has 2 aliphatic rings. The molecule has 4 rings (SSSR count). The molecule has 2 aromatic rings. The number of rotatable bonds is 3. The van der Waals surface area contributed by atoms with Crippen LogP contribution >= 0.6 is 11.8 Å². The molecule has 3 heterocycles. The number of nitrogens with one attached hydrogen (secondary N) is 1. The molecule has 1 N–H and O–H groups in total. The number of carbonyl (C=O) groups is 3. The number of piperazine rings is 1. The van der Waals surface area contributed by atoms with Crippen LogP contribution in [0.1, 0.15) is 11.1 Å². The van der Waals surface area contributed by atoms with E-state index in [0.717, 1.165) is 54.5 Å². The fraction of sp³-hybridized carbons (Fsp3) is 0.250. The molecule has 0 radical (unpaired) electrons. The summed E-state index contributed by atoms with van der Waals surface area (Å²) in [5.41, 5.74) is 2.26. The molecule has 0 unspecified atom stereocenters. The first-order valence-corrected chi connectivity index (χ1v) is 9.73. The van der Waals surface area contributed by atoms with E-state index in [-0.39, 0.29) is 17.1 Å². The fourth-order valence-corrected chi connectivity index (χ4v) is 3.83. The Balaban J connectivity index is 1.55. The van der Waals surface area contributed by atoms with E-state index in [0.29, 0.717) is 10.5 Å². The van der Waals surface area contributed by atoms with Crippen LogP contribution in [0.25, 0.3) is 23.1 Å². The Morgan fingerprint density at radius 1 is 1.21 bits per heavy atom. The molecule has 0 saturated carbocycles. The molecule has 2 saturated heterocycles. The number of carbonyl (C=O) groups excluding carboxylic acids is 3. The van der Waals surface area contributed by atoms with Gasteiger partial charge in [-0.15, -0.1) is 0 Å². The average Bonchev–Trinajstić information content (AvgIpc) is 3.22. The van der Waals surface area contributed by atoms with Gasteiger partial charge in [-0.1, -0.05) is 6.07 Å². The van der Waals surface area contributed by atoms with Gasteiger partial charge in [0.25, 0.3) is 11.1 Å². The van der Waals surface area contributed by atoms with Crippen molar-refractivity contribution in [2.24, 2.45) is 0 Å². The van der Waals surface area contributed by atoms with E-state index in [1.165, 1.54) is 0 Å². The minimum absolute atomic E-state index is 0.0155. The van der Waals surface area contributed by atoms with Crippen LogP contribution in [-0.2, 0) is 9.59 Å². The van der Waals surface area contributed by atoms with E-state index in [1.54, 1.807) is 30.6 Å². The number of fused-ring (bicyclic) bond motifs is 1. The lowest BCUT2D eigenvalue weighted by Gasteiger charge is -2.31. The highest BCUT2D eigenvalue weighted by Crippen LogP contribution is 2.28. The Kier molecular flexibility index (Phi) is 5.06. The molecule has 0 aliphatic carbocycles. The summed E-state index contributed by atoms with van der Waals surface area (Å²) >= 11 is 0.881. The summed E-state index contributed by atoms with van der Waals surface area (Å²) in [4.78, 5) is 39.8. The van der Waals surface area contributed by atoms with Crippen LogP contribution < -0.4 is 5.32 Å². The zero-order valence-corrected chi connectivity index (χ0v) is 16.1. The molecule has 3 amide bonds. The van der Waals surface area contributed by atoms with E-state index in [9.17, 15) is 14.4 Å². The van der Waals surface area contributed by atoms with E-state index >= 15 is 0 Å². The summed E-state index contributed by atoms with van der Waals surface area (Å²) < 4.78 is 5.56. The predicted octanol–water partition coefficient (Wildman–Crippen LogP) is 2.54. The van der Waals surface area contributed by atoms with Crippen molar-refractivity contribution in [3.63, 3.8) is 0 Å². The zero-order valence-electron chi connectivity index (χ0n) is 15.3. The Bertz CT molecular complexity index is 1020.